The Morgan fingerprint density at radius 3 is 2.00 bits per heavy atom. The molecule has 8 nitrogen and oxygen atoms in total. The van der Waals surface area contributed by atoms with Crippen molar-refractivity contribution in [1.82, 2.24) is 9.88 Å². The van der Waals surface area contributed by atoms with E-state index in [2.05, 4.69) is 9.88 Å². The Balaban J connectivity index is 0.000000301. The molecular weight excluding hydrogens is 538 g/mol. The number of likely N-dealkylation sites (tertiary alicyclic amines) is 1. The first-order chi connectivity index (χ1) is 17.5. The SMILES string of the molecule is FC1(F)CCN(Cc2ccco2)CC12CCN(c1ccccn1)C2.O=C(O)C(F)(F)F.O=C(O)C(F)(F)F. The van der Waals surface area contributed by atoms with Gasteiger partial charge in [0, 0.05) is 38.8 Å². The van der Waals surface area contributed by atoms with Gasteiger partial charge in [0.05, 0.1) is 18.2 Å². The average Bonchev–Trinajstić information content (AvgIpc) is 3.48. The van der Waals surface area contributed by atoms with Crippen LogP contribution in [0.4, 0.5) is 40.9 Å². The molecule has 2 aromatic rings. The lowest BCUT2D eigenvalue weighted by Gasteiger charge is -2.45. The van der Waals surface area contributed by atoms with Crippen LogP contribution in [0.25, 0.3) is 0 Å². The fourth-order valence-electron chi connectivity index (χ4n) is 3.98. The number of aliphatic carboxylic acids is 2. The highest BCUT2D eigenvalue weighted by Gasteiger charge is 2.59. The van der Waals surface area contributed by atoms with Crippen LogP contribution in [0.3, 0.4) is 0 Å². The number of carbonyl (C=O) groups is 2. The van der Waals surface area contributed by atoms with Crippen molar-refractivity contribution in [3.05, 3.63) is 48.6 Å². The van der Waals surface area contributed by atoms with Crippen molar-refractivity contribution in [1.29, 1.82) is 0 Å². The second-order valence-corrected chi connectivity index (χ2v) is 8.49. The first-order valence-corrected chi connectivity index (χ1v) is 10.9. The minimum atomic E-state index is -5.08. The van der Waals surface area contributed by atoms with E-state index in [4.69, 9.17) is 24.2 Å². The molecular formula is C22H23F8N3O5. The van der Waals surface area contributed by atoms with Crippen molar-refractivity contribution in [2.75, 3.05) is 31.1 Å². The van der Waals surface area contributed by atoms with E-state index in [0.29, 0.717) is 39.1 Å². The maximum atomic E-state index is 14.8. The molecule has 2 saturated heterocycles. The summed E-state index contributed by atoms with van der Waals surface area (Å²) in [6, 6.07) is 9.36. The highest BCUT2D eigenvalue weighted by Crippen LogP contribution is 2.50. The third kappa shape index (κ3) is 8.29. The number of anilines is 1. The Labute approximate surface area is 210 Å². The van der Waals surface area contributed by atoms with Gasteiger partial charge in [-0.15, -0.1) is 0 Å². The maximum absolute atomic E-state index is 14.8. The standard InChI is InChI=1S/C18H21F2N3O.2C2HF3O2/c19-18(20)7-9-22(12-15-4-3-11-24-15)13-17(18)6-10-23(14-17)16-5-1-2-8-21-16;2*3-2(4,5)1(6)7/h1-5,8,11H,6-7,9-10,12-14H2;2*(H,6,7). The molecule has 1 unspecified atom stereocenters. The summed E-state index contributed by atoms with van der Waals surface area (Å²) in [5.74, 6) is -6.54. The Morgan fingerprint density at radius 2 is 1.53 bits per heavy atom. The number of nitrogens with zero attached hydrogens (tertiary/aromatic N) is 3. The third-order valence-corrected chi connectivity index (χ3v) is 5.82. The van der Waals surface area contributed by atoms with E-state index < -0.39 is 35.6 Å². The molecule has 2 aliphatic heterocycles. The van der Waals surface area contributed by atoms with Crippen LogP contribution < -0.4 is 4.90 Å². The van der Waals surface area contributed by atoms with Crippen molar-refractivity contribution >= 4 is 17.8 Å². The number of alkyl halides is 8. The van der Waals surface area contributed by atoms with Gasteiger partial charge in [0.1, 0.15) is 11.6 Å². The minimum absolute atomic E-state index is 0.0935. The zero-order chi connectivity index (χ0) is 28.8. The van der Waals surface area contributed by atoms with Crippen molar-refractivity contribution in [2.24, 2.45) is 5.41 Å². The van der Waals surface area contributed by atoms with Gasteiger partial charge >= 0.3 is 24.3 Å². The fourth-order valence-corrected chi connectivity index (χ4v) is 3.98. The van der Waals surface area contributed by atoms with E-state index in [1.165, 1.54) is 0 Å². The number of hydrogen-bond donors (Lipinski definition) is 2. The number of carboxylic acids is 2. The molecule has 0 aromatic carbocycles. The third-order valence-electron chi connectivity index (χ3n) is 5.82. The summed E-state index contributed by atoms with van der Waals surface area (Å²) in [5, 5.41) is 14.2. The summed E-state index contributed by atoms with van der Waals surface area (Å²) in [6.45, 7) is 2.37. The number of pyridine rings is 1. The molecule has 4 heterocycles. The summed E-state index contributed by atoms with van der Waals surface area (Å²) in [4.78, 5) is 26.2. The highest BCUT2D eigenvalue weighted by atomic mass is 19.4. The van der Waals surface area contributed by atoms with Crippen LogP contribution in [0.2, 0.25) is 0 Å². The first-order valence-electron chi connectivity index (χ1n) is 10.9. The topological polar surface area (TPSA) is 107 Å². The number of piperidine rings is 1. The molecule has 2 fully saturated rings. The van der Waals surface area contributed by atoms with Crippen LogP contribution in [0.15, 0.2) is 47.2 Å². The van der Waals surface area contributed by atoms with Gasteiger partial charge < -0.3 is 19.5 Å². The summed E-state index contributed by atoms with van der Waals surface area (Å²) >= 11 is 0. The Hall–Kier alpha value is -3.43. The minimum Gasteiger partial charge on any atom is -0.475 e. The van der Waals surface area contributed by atoms with E-state index >= 15 is 0 Å². The van der Waals surface area contributed by atoms with Crippen molar-refractivity contribution in [3.63, 3.8) is 0 Å². The van der Waals surface area contributed by atoms with Crippen LogP contribution in [-0.4, -0.2) is 76.5 Å². The van der Waals surface area contributed by atoms with Crippen LogP contribution in [-0.2, 0) is 16.1 Å². The van der Waals surface area contributed by atoms with Crippen molar-refractivity contribution < 1.29 is 59.3 Å². The van der Waals surface area contributed by atoms with Gasteiger partial charge in [-0.1, -0.05) is 6.07 Å². The summed E-state index contributed by atoms with van der Waals surface area (Å²) in [6.07, 6.45) is -6.43. The van der Waals surface area contributed by atoms with Gasteiger partial charge in [-0.05, 0) is 30.7 Å². The monoisotopic (exact) mass is 561 g/mol. The molecule has 2 aliphatic rings. The molecule has 0 bridgehead atoms. The fraction of sp³-hybridized carbons (Fsp3) is 0.500. The highest BCUT2D eigenvalue weighted by molar-refractivity contribution is 5.73. The summed E-state index contributed by atoms with van der Waals surface area (Å²) < 4.78 is 98.5. The zero-order valence-electron chi connectivity index (χ0n) is 19.5. The Kier molecular flexibility index (Phi) is 9.69. The average molecular weight is 561 g/mol. The van der Waals surface area contributed by atoms with E-state index in [0.717, 1.165) is 11.6 Å². The normalized spacial score (nSPS) is 21.2. The van der Waals surface area contributed by atoms with Crippen LogP contribution >= 0.6 is 0 Å². The number of halogens is 8. The largest absolute Gasteiger partial charge is 0.490 e. The Bertz CT molecular complexity index is 1020. The van der Waals surface area contributed by atoms with Crippen LogP contribution in [0.5, 0.6) is 0 Å². The molecule has 0 radical (unpaired) electrons. The maximum Gasteiger partial charge on any atom is 0.490 e. The van der Waals surface area contributed by atoms with Gasteiger partial charge in [-0.3, -0.25) is 4.90 Å². The van der Waals surface area contributed by atoms with Gasteiger partial charge in [-0.25, -0.2) is 23.4 Å². The lowest BCUT2D eigenvalue weighted by Crippen LogP contribution is -2.56. The number of rotatable bonds is 3. The van der Waals surface area contributed by atoms with E-state index in [9.17, 15) is 35.1 Å². The molecule has 2 N–H and O–H groups in total. The predicted octanol–water partition coefficient (Wildman–Crippen LogP) is 4.68. The molecule has 38 heavy (non-hydrogen) atoms. The first kappa shape index (κ1) is 30.8. The molecule has 0 aliphatic carbocycles. The van der Waals surface area contributed by atoms with E-state index in [1.54, 1.807) is 12.5 Å². The van der Waals surface area contributed by atoms with Crippen molar-refractivity contribution in [3.8, 4) is 0 Å². The molecule has 212 valence electrons. The van der Waals surface area contributed by atoms with Gasteiger partial charge in [0.15, 0.2) is 0 Å². The van der Waals surface area contributed by atoms with Crippen molar-refractivity contribution in [2.45, 2.75) is 37.7 Å². The zero-order valence-corrected chi connectivity index (χ0v) is 19.5. The van der Waals surface area contributed by atoms with E-state index in [1.807, 2.05) is 35.2 Å². The predicted molar refractivity (Wildman–Crippen MR) is 114 cm³/mol. The Morgan fingerprint density at radius 1 is 0.921 bits per heavy atom. The van der Waals surface area contributed by atoms with E-state index in [-0.39, 0.29) is 6.42 Å². The van der Waals surface area contributed by atoms with Gasteiger partial charge in [0.2, 0.25) is 0 Å². The smallest absolute Gasteiger partial charge is 0.475 e. The molecule has 0 amide bonds. The summed E-state index contributed by atoms with van der Waals surface area (Å²) in [7, 11) is 0. The lowest BCUT2D eigenvalue weighted by atomic mass is 9.75. The lowest BCUT2D eigenvalue weighted by molar-refractivity contribution is -0.193. The second-order valence-electron chi connectivity index (χ2n) is 8.49. The quantitative estimate of drug-likeness (QED) is 0.521. The van der Waals surface area contributed by atoms with Gasteiger partial charge in [0.25, 0.3) is 5.92 Å². The van der Waals surface area contributed by atoms with Crippen LogP contribution in [0, 0.1) is 5.41 Å². The molecule has 0 saturated carbocycles. The number of furan rings is 1. The molecule has 2 aromatic heterocycles. The molecule has 1 spiro atoms. The number of aromatic nitrogens is 1. The molecule has 4 rings (SSSR count). The van der Waals surface area contributed by atoms with Crippen LogP contribution in [0.1, 0.15) is 18.6 Å². The molecule has 16 heteroatoms. The number of carboxylic acid groups (broad SMARTS) is 2. The number of hydrogen-bond acceptors (Lipinski definition) is 6. The van der Waals surface area contributed by atoms with Gasteiger partial charge in [-0.2, -0.15) is 26.3 Å². The summed E-state index contributed by atoms with van der Waals surface area (Å²) in [5.41, 5.74) is -1.00. The molecule has 1 atom stereocenters. The second kappa shape index (κ2) is 12.0.